The van der Waals surface area contributed by atoms with E-state index in [1.807, 2.05) is 13.8 Å². The normalized spacial score (nSPS) is 14.5. The molecule has 3 amide bonds. The summed E-state index contributed by atoms with van der Waals surface area (Å²) in [7, 11) is 0. The van der Waals surface area contributed by atoms with Crippen molar-refractivity contribution < 1.29 is 29.4 Å². The maximum atomic E-state index is 12.1. The average molecular weight is 331 g/mol. The van der Waals surface area contributed by atoms with Crippen LogP contribution in [0.3, 0.4) is 0 Å². The molecule has 0 heterocycles. The molecule has 0 aromatic heterocycles. The van der Waals surface area contributed by atoms with Gasteiger partial charge >= 0.3 is 5.97 Å². The van der Waals surface area contributed by atoms with Crippen molar-refractivity contribution >= 4 is 23.7 Å². The van der Waals surface area contributed by atoms with Crippen LogP contribution in [-0.2, 0) is 19.2 Å². The van der Waals surface area contributed by atoms with Crippen molar-refractivity contribution in [2.75, 3.05) is 6.61 Å². The van der Waals surface area contributed by atoms with E-state index in [0.29, 0.717) is 6.42 Å². The molecule has 0 aromatic rings. The zero-order valence-electron chi connectivity index (χ0n) is 13.8. The molecule has 0 unspecified atom stereocenters. The molecule has 9 nitrogen and oxygen atoms in total. The summed E-state index contributed by atoms with van der Waals surface area (Å²) >= 11 is 0. The first-order chi connectivity index (χ1) is 10.6. The number of hydrogen-bond donors (Lipinski definition) is 5. The molecule has 0 radical (unpaired) electrons. The predicted molar refractivity (Wildman–Crippen MR) is 81.3 cm³/mol. The number of nitrogens with one attached hydrogen (secondary N) is 3. The van der Waals surface area contributed by atoms with Crippen molar-refractivity contribution in [3.8, 4) is 0 Å². The second-order valence-electron chi connectivity index (χ2n) is 5.69. The van der Waals surface area contributed by atoms with Gasteiger partial charge < -0.3 is 26.2 Å². The van der Waals surface area contributed by atoms with Gasteiger partial charge in [0.05, 0.1) is 6.61 Å². The van der Waals surface area contributed by atoms with Gasteiger partial charge in [0.25, 0.3) is 0 Å². The van der Waals surface area contributed by atoms with Crippen LogP contribution in [0.4, 0.5) is 0 Å². The molecule has 0 fully saturated rings. The minimum Gasteiger partial charge on any atom is -0.480 e. The first-order valence-corrected chi connectivity index (χ1v) is 7.30. The van der Waals surface area contributed by atoms with E-state index < -0.39 is 42.5 Å². The number of aliphatic hydroxyl groups excluding tert-OH is 1. The zero-order chi connectivity index (χ0) is 18.2. The monoisotopic (exact) mass is 331 g/mol. The van der Waals surface area contributed by atoms with E-state index in [1.165, 1.54) is 13.8 Å². The lowest BCUT2D eigenvalue weighted by Gasteiger charge is -2.22. The molecular formula is C14H25N3O6. The molecule has 0 spiro atoms. The van der Waals surface area contributed by atoms with Crippen LogP contribution in [0.5, 0.6) is 0 Å². The molecule has 0 aliphatic carbocycles. The van der Waals surface area contributed by atoms with Crippen LogP contribution in [0.15, 0.2) is 0 Å². The van der Waals surface area contributed by atoms with Gasteiger partial charge in [-0.2, -0.15) is 0 Å². The predicted octanol–water partition coefficient (Wildman–Crippen LogP) is -1.40. The van der Waals surface area contributed by atoms with Crippen LogP contribution in [-0.4, -0.2) is 58.6 Å². The molecule has 0 bridgehead atoms. The van der Waals surface area contributed by atoms with Gasteiger partial charge in [0.2, 0.25) is 17.7 Å². The molecule has 0 aliphatic rings. The Bertz CT molecular complexity index is 452. The lowest BCUT2D eigenvalue weighted by Crippen LogP contribution is -2.55. The van der Waals surface area contributed by atoms with Gasteiger partial charge in [-0.1, -0.05) is 13.8 Å². The number of carbonyl (C=O) groups excluding carboxylic acids is 3. The summed E-state index contributed by atoms with van der Waals surface area (Å²) < 4.78 is 0. The van der Waals surface area contributed by atoms with E-state index >= 15 is 0 Å². The largest absolute Gasteiger partial charge is 0.480 e. The Hall–Kier alpha value is -2.16. The number of aliphatic hydroxyl groups is 1. The third-order valence-corrected chi connectivity index (χ3v) is 2.95. The van der Waals surface area contributed by atoms with E-state index in [1.54, 1.807) is 0 Å². The van der Waals surface area contributed by atoms with Crippen LogP contribution in [0.1, 0.15) is 34.1 Å². The lowest BCUT2D eigenvalue weighted by atomic mass is 10.0. The van der Waals surface area contributed by atoms with Gasteiger partial charge in [0.15, 0.2) is 0 Å². The molecule has 9 heteroatoms. The summed E-state index contributed by atoms with van der Waals surface area (Å²) in [5, 5.41) is 24.7. The first kappa shape index (κ1) is 20.8. The van der Waals surface area contributed by atoms with Crippen molar-refractivity contribution in [3.05, 3.63) is 0 Å². The molecular weight excluding hydrogens is 306 g/mol. The summed E-state index contributed by atoms with van der Waals surface area (Å²) in [6.07, 6.45) is 0.397. The maximum absolute atomic E-state index is 12.1. The zero-order valence-corrected chi connectivity index (χ0v) is 13.8. The summed E-state index contributed by atoms with van der Waals surface area (Å²) in [4.78, 5) is 45.9. The second kappa shape index (κ2) is 9.78. The number of rotatable bonds is 9. The van der Waals surface area contributed by atoms with Gasteiger partial charge in [-0.25, -0.2) is 4.79 Å². The molecule has 5 N–H and O–H groups in total. The third-order valence-electron chi connectivity index (χ3n) is 2.95. The highest BCUT2D eigenvalue weighted by atomic mass is 16.4. The van der Waals surface area contributed by atoms with Crippen molar-refractivity contribution in [2.24, 2.45) is 5.92 Å². The van der Waals surface area contributed by atoms with Crippen LogP contribution in [0.2, 0.25) is 0 Å². The molecule has 3 atom stereocenters. The fourth-order valence-electron chi connectivity index (χ4n) is 1.81. The smallest absolute Gasteiger partial charge is 0.328 e. The summed E-state index contributed by atoms with van der Waals surface area (Å²) in [6, 6.07) is -3.24. The van der Waals surface area contributed by atoms with Gasteiger partial charge in [-0.3, -0.25) is 14.4 Å². The molecule has 23 heavy (non-hydrogen) atoms. The van der Waals surface area contributed by atoms with Crippen LogP contribution < -0.4 is 16.0 Å². The minimum atomic E-state index is -1.44. The fraction of sp³-hybridized carbons (Fsp3) is 0.714. The Morgan fingerprint density at radius 2 is 1.48 bits per heavy atom. The highest BCUT2D eigenvalue weighted by Crippen LogP contribution is 2.05. The topological polar surface area (TPSA) is 145 Å². The summed E-state index contributed by atoms with van der Waals surface area (Å²) in [5.74, 6) is -2.88. The van der Waals surface area contributed by atoms with E-state index in [2.05, 4.69) is 16.0 Å². The quantitative estimate of drug-likeness (QED) is 0.351. The van der Waals surface area contributed by atoms with Crippen LogP contribution in [0.25, 0.3) is 0 Å². The number of carboxylic acids is 1. The van der Waals surface area contributed by atoms with E-state index in [4.69, 9.17) is 10.2 Å². The van der Waals surface area contributed by atoms with E-state index in [0.717, 1.165) is 0 Å². The Morgan fingerprint density at radius 3 is 1.87 bits per heavy atom. The fourth-order valence-corrected chi connectivity index (χ4v) is 1.81. The number of amides is 3. The maximum Gasteiger partial charge on any atom is 0.328 e. The molecule has 0 aliphatic heterocycles. The van der Waals surface area contributed by atoms with Gasteiger partial charge in [-0.05, 0) is 19.3 Å². The van der Waals surface area contributed by atoms with Crippen molar-refractivity contribution in [1.82, 2.24) is 16.0 Å². The summed E-state index contributed by atoms with van der Waals surface area (Å²) in [5.41, 5.74) is 0. The molecule has 0 saturated heterocycles. The van der Waals surface area contributed by atoms with Gasteiger partial charge in [-0.15, -0.1) is 0 Å². The Labute approximate surface area is 134 Å². The third kappa shape index (κ3) is 8.15. The van der Waals surface area contributed by atoms with E-state index in [9.17, 15) is 19.2 Å². The molecule has 0 rings (SSSR count). The SMILES string of the molecule is CC(=O)N[C@H](CC(C)C)C(=O)N[C@@H](C)C(=O)N[C@H](CO)C(=O)O. The lowest BCUT2D eigenvalue weighted by molar-refractivity contribution is -0.143. The molecule has 132 valence electrons. The number of carbonyl (C=O) groups is 4. The minimum absolute atomic E-state index is 0.146. The van der Waals surface area contributed by atoms with Gasteiger partial charge in [0, 0.05) is 6.92 Å². The van der Waals surface area contributed by atoms with Crippen molar-refractivity contribution in [2.45, 2.75) is 52.2 Å². The van der Waals surface area contributed by atoms with Crippen molar-refractivity contribution in [3.63, 3.8) is 0 Å². The van der Waals surface area contributed by atoms with E-state index in [-0.39, 0.29) is 11.8 Å². The standard InChI is InChI=1S/C14H25N3O6/c1-7(2)5-10(16-9(4)19)13(21)15-8(3)12(20)17-11(6-18)14(22)23/h7-8,10-11,18H,5-6H2,1-4H3,(H,15,21)(H,16,19)(H,17,20)(H,22,23)/t8-,10+,11+/m0/s1. The number of aliphatic carboxylic acids is 1. The Balaban J connectivity index is 4.73. The second-order valence-corrected chi connectivity index (χ2v) is 5.69. The van der Waals surface area contributed by atoms with Crippen LogP contribution in [0, 0.1) is 5.92 Å². The average Bonchev–Trinajstić information content (AvgIpc) is 2.41. The number of hydrogen-bond acceptors (Lipinski definition) is 5. The van der Waals surface area contributed by atoms with Gasteiger partial charge in [0.1, 0.15) is 18.1 Å². The Kier molecular flexibility index (Phi) is 8.86. The first-order valence-electron chi connectivity index (χ1n) is 7.30. The number of carboxylic acid groups (broad SMARTS) is 1. The molecule has 0 aromatic carbocycles. The highest BCUT2D eigenvalue weighted by molar-refractivity contribution is 5.92. The Morgan fingerprint density at radius 1 is 0.913 bits per heavy atom. The molecule has 0 saturated carbocycles. The van der Waals surface area contributed by atoms with Crippen LogP contribution >= 0.6 is 0 Å². The highest BCUT2D eigenvalue weighted by Gasteiger charge is 2.26. The summed E-state index contributed by atoms with van der Waals surface area (Å²) in [6.45, 7) is 5.68. The van der Waals surface area contributed by atoms with Crippen molar-refractivity contribution in [1.29, 1.82) is 0 Å².